The van der Waals surface area contributed by atoms with Gasteiger partial charge in [0.15, 0.2) is 11.6 Å². The molecule has 0 aromatic heterocycles. The smallest absolute Gasteiger partial charge is 0.238 e. The average molecular weight is 317 g/mol. The second-order valence-electron chi connectivity index (χ2n) is 5.11. The highest BCUT2D eigenvalue weighted by atomic mass is 32.2. The van der Waals surface area contributed by atoms with Crippen molar-refractivity contribution in [3.63, 3.8) is 0 Å². The van der Waals surface area contributed by atoms with Crippen LogP contribution in [0, 0.1) is 5.82 Å². The molecule has 6 heteroatoms. The number of primary sulfonamides is 1. The molecule has 0 amide bonds. The van der Waals surface area contributed by atoms with E-state index in [1.54, 1.807) is 0 Å². The first-order chi connectivity index (χ1) is 9.95. The molecular formula is C15H24FNO3S. The molecule has 2 N–H and O–H groups in total. The molecule has 21 heavy (non-hydrogen) atoms. The highest BCUT2D eigenvalue weighted by Gasteiger charge is 2.12. The van der Waals surface area contributed by atoms with Gasteiger partial charge in [-0.05, 0) is 24.6 Å². The lowest BCUT2D eigenvalue weighted by Crippen LogP contribution is -2.12. The second kappa shape index (κ2) is 9.00. The topological polar surface area (TPSA) is 69.4 Å². The number of hydrogen-bond acceptors (Lipinski definition) is 3. The Balaban J connectivity index is 2.30. The van der Waals surface area contributed by atoms with E-state index < -0.39 is 15.8 Å². The molecule has 0 aliphatic rings. The van der Waals surface area contributed by atoms with Crippen LogP contribution < -0.4 is 9.88 Å². The van der Waals surface area contributed by atoms with Crippen LogP contribution in [0.5, 0.6) is 5.75 Å². The summed E-state index contributed by atoms with van der Waals surface area (Å²) in [5.41, 5.74) is 0. The predicted octanol–water partition coefficient (Wildman–Crippen LogP) is 3.60. The molecule has 0 aliphatic carbocycles. The van der Waals surface area contributed by atoms with E-state index in [2.05, 4.69) is 6.92 Å². The van der Waals surface area contributed by atoms with Crippen molar-refractivity contribution in [3.8, 4) is 5.75 Å². The molecule has 0 aliphatic heterocycles. The van der Waals surface area contributed by atoms with Gasteiger partial charge in [0.2, 0.25) is 10.0 Å². The summed E-state index contributed by atoms with van der Waals surface area (Å²) in [6, 6.07) is 3.43. The fourth-order valence-electron chi connectivity index (χ4n) is 2.02. The van der Waals surface area contributed by atoms with Crippen LogP contribution in [0.1, 0.15) is 51.9 Å². The maximum absolute atomic E-state index is 13.7. The van der Waals surface area contributed by atoms with Crippen molar-refractivity contribution in [2.75, 3.05) is 6.61 Å². The van der Waals surface area contributed by atoms with Crippen molar-refractivity contribution in [2.24, 2.45) is 5.14 Å². The normalized spacial score (nSPS) is 11.6. The average Bonchev–Trinajstić information content (AvgIpc) is 2.42. The fraction of sp³-hybridized carbons (Fsp3) is 0.600. The lowest BCUT2D eigenvalue weighted by molar-refractivity contribution is 0.289. The number of unbranched alkanes of at least 4 members (excludes halogenated alkanes) is 6. The summed E-state index contributed by atoms with van der Waals surface area (Å²) in [5, 5.41) is 4.93. The SMILES string of the molecule is CCCCCCCCCOc1ccc(S(N)(=O)=O)cc1F. The van der Waals surface area contributed by atoms with E-state index in [1.165, 1.54) is 37.8 Å². The van der Waals surface area contributed by atoms with Crippen molar-refractivity contribution in [2.45, 2.75) is 56.8 Å². The molecule has 1 rings (SSSR count). The molecule has 120 valence electrons. The molecule has 0 radical (unpaired) electrons. The molecule has 0 saturated heterocycles. The number of rotatable bonds is 10. The number of hydrogen-bond donors (Lipinski definition) is 1. The predicted molar refractivity (Wildman–Crippen MR) is 81.3 cm³/mol. The lowest BCUT2D eigenvalue weighted by atomic mass is 10.1. The molecule has 0 fully saturated rings. The maximum atomic E-state index is 13.7. The monoisotopic (exact) mass is 317 g/mol. The zero-order chi connectivity index (χ0) is 15.7. The van der Waals surface area contributed by atoms with Crippen molar-refractivity contribution >= 4 is 10.0 Å². The quantitative estimate of drug-likeness (QED) is 0.670. The van der Waals surface area contributed by atoms with Crippen molar-refractivity contribution in [1.82, 2.24) is 0 Å². The zero-order valence-electron chi connectivity index (χ0n) is 12.5. The van der Waals surface area contributed by atoms with Gasteiger partial charge in [-0.15, -0.1) is 0 Å². The van der Waals surface area contributed by atoms with Gasteiger partial charge in [-0.2, -0.15) is 0 Å². The summed E-state index contributed by atoms with van der Waals surface area (Å²) in [6.45, 7) is 2.61. The summed E-state index contributed by atoms with van der Waals surface area (Å²) in [7, 11) is -3.88. The van der Waals surface area contributed by atoms with E-state index in [0.717, 1.165) is 25.3 Å². The van der Waals surface area contributed by atoms with Crippen LogP contribution >= 0.6 is 0 Å². The molecule has 0 saturated carbocycles. The lowest BCUT2D eigenvalue weighted by Gasteiger charge is -2.08. The summed E-state index contributed by atoms with van der Waals surface area (Å²) < 4.78 is 41.1. The van der Waals surface area contributed by atoms with Crippen LogP contribution in [0.3, 0.4) is 0 Å². The molecule has 1 aromatic carbocycles. The number of ether oxygens (including phenoxy) is 1. The third kappa shape index (κ3) is 6.91. The summed E-state index contributed by atoms with van der Waals surface area (Å²) in [4.78, 5) is -0.247. The number of halogens is 1. The largest absolute Gasteiger partial charge is 0.491 e. The Morgan fingerprint density at radius 3 is 2.29 bits per heavy atom. The van der Waals surface area contributed by atoms with Gasteiger partial charge in [-0.1, -0.05) is 45.4 Å². The number of benzene rings is 1. The Morgan fingerprint density at radius 2 is 1.71 bits per heavy atom. The molecule has 4 nitrogen and oxygen atoms in total. The molecule has 1 aromatic rings. The fourth-order valence-corrected chi connectivity index (χ4v) is 2.54. The summed E-state index contributed by atoms with van der Waals surface area (Å²) in [5.74, 6) is -0.641. The van der Waals surface area contributed by atoms with Gasteiger partial charge in [-0.3, -0.25) is 0 Å². The Bertz CT molecular complexity index is 532. The van der Waals surface area contributed by atoms with Crippen LogP contribution in [0.4, 0.5) is 4.39 Å². The van der Waals surface area contributed by atoms with Crippen LogP contribution in [0.15, 0.2) is 23.1 Å². The minimum absolute atomic E-state index is 0.0633. The minimum Gasteiger partial charge on any atom is -0.491 e. The van der Waals surface area contributed by atoms with Gasteiger partial charge >= 0.3 is 0 Å². The first-order valence-corrected chi connectivity index (χ1v) is 8.95. The van der Waals surface area contributed by atoms with Crippen molar-refractivity contribution < 1.29 is 17.5 Å². The third-order valence-corrected chi connectivity index (χ3v) is 4.15. The highest BCUT2D eigenvalue weighted by Crippen LogP contribution is 2.20. The molecule has 0 unspecified atom stereocenters. The molecule has 0 atom stereocenters. The third-order valence-electron chi connectivity index (χ3n) is 3.24. The van der Waals surface area contributed by atoms with E-state index in [4.69, 9.17) is 9.88 Å². The van der Waals surface area contributed by atoms with Crippen LogP contribution in [-0.4, -0.2) is 15.0 Å². The molecule has 0 heterocycles. The van der Waals surface area contributed by atoms with Gasteiger partial charge in [0.05, 0.1) is 11.5 Å². The molecular weight excluding hydrogens is 293 g/mol. The molecule has 0 spiro atoms. The van der Waals surface area contributed by atoms with Crippen LogP contribution in [0.25, 0.3) is 0 Å². The van der Waals surface area contributed by atoms with Crippen molar-refractivity contribution in [1.29, 1.82) is 0 Å². The van der Waals surface area contributed by atoms with Crippen LogP contribution in [-0.2, 0) is 10.0 Å². The Hall–Kier alpha value is -1.14. The summed E-state index contributed by atoms with van der Waals surface area (Å²) >= 11 is 0. The van der Waals surface area contributed by atoms with Crippen LogP contribution in [0.2, 0.25) is 0 Å². The first kappa shape index (κ1) is 17.9. The summed E-state index contributed by atoms with van der Waals surface area (Å²) in [6.07, 6.45) is 8.08. The van der Waals surface area contributed by atoms with E-state index in [0.29, 0.717) is 6.61 Å². The molecule has 0 bridgehead atoms. The number of nitrogens with two attached hydrogens (primary N) is 1. The van der Waals surface area contributed by atoms with Gasteiger partial charge in [0.25, 0.3) is 0 Å². The van der Waals surface area contributed by atoms with E-state index >= 15 is 0 Å². The van der Waals surface area contributed by atoms with Gasteiger partial charge in [-0.25, -0.2) is 17.9 Å². The van der Waals surface area contributed by atoms with Gasteiger partial charge in [0.1, 0.15) is 0 Å². The maximum Gasteiger partial charge on any atom is 0.238 e. The Kier molecular flexibility index (Phi) is 7.67. The highest BCUT2D eigenvalue weighted by molar-refractivity contribution is 7.89. The second-order valence-corrected chi connectivity index (χ2v) is 6.67. The van der Waals surface area contributed by atoms with Gasteiger partial charge < -0.3 is 4.74 Å². The minimum atomic E-state index is -3.88. The Morgan fingerprint density at radius 1 is 1.10 bits per heavy atom. The Labute approximate surface area is 126 Å². The van der Waals surface area contributed by atoms with E-state index in [-0.39, 0.29) is 10.6 Å². The van der Waals surface area contributed by atoms with E-state index in [9.17, 15) is 12.8 Å². The number of sulfonamides is 1. The van der Waals surface area contributed by atoms with Crippen molar-refractivity contribution in [3.05, 3.63) is 24.0 Å². The standard InChI is InChI=1S/C15H24FNO3S/c1-2-3-4-5-6-7-8-11-20-15-10-9-13(12-14(15)16)21(17,18)19/h9-10,12H,2-8,11H2,1H3,(H2,17,18,19). The van der Waals surface area contributed by atoms with Gasteiger partial charge in [0, 0.05) is 0 Å². The first-order valence-electron chi connectivity index (χ1n) is 7.40. The zero-order valence-corrected chi connectivity index (χ0v) is 13.3. The van der Waals surface area contributed by atoms with E-state index in [1.807, 2.05) is 0 Å².